The molecule has 1 fully saturated rings. The number of rotatable bonds is 1. The van der Waals surface area contributed by atoms with Gasteiger partial charge in [-0.3, -0.25) is 9.78 Å². The van der Waals surface area contributed by atoms with E-state index >= 15 is 0 Å². The average molecular weight is 245 g/mol. The molecule has 2 aromatic rings. The summed E-state index contributed by atoms with van der Waals surface area (Å²) in [5, 5.41) is 7.45. The Balaban J connectivity index is 1.96. The molecule has 3 rings (SSSR count). The zero-order chi connectivity index (χ0) is 12.5. The minimum atomic E-state index is 0.0343. The van der Waals surface area contributed by atoms with Gasteiger partial charge in [0.1, 0.15) is 0 Å². The summed E-state index contributed by atoms with van der Waals surface area (Å²) in [5.74, 6) is 0.0343. The number of nitrogens with zero attached hydrogens (tertiary/aromatic N) is 4. The van der Waals surface area contributed by atoms with Crippen molar-refractivity contribution in [1.82, 2.24) is 24.8 Å². The third-order valence-corrected chi connectivity index (χ3v) is 3.32. The second kappa shape index (κ2) is 4.38. The van der Waals surface area contributed by atoms with Crippen LogP contribution in [0.2, 0.25) is 0 Å². The number of amides is 1. The number of aromatic nitrogens is 3. The lowest BCUT2D eigenvalue weighted by Gasteiger charge is -2.33. The van der Waals surface area contributed by atoms with Crippen molar-refractivity contribution < 1.29 is 4.79 Å². The Morgan fingerprint density at radius 1 is 1.50 bits per heavy atom. The first kappa shape index (κ1) is 11.2. The molecule has 1 saturated heterocycles. The molecule has 6 heteroatoms. The Kier molecular flexibility index (Phi) is 2.71. The van der Waals surface area contributed by atoms with Crippen molar-refractivity contribution in [1.29, 1.82) is 0 Å². The summed E-state index contributed by atoms with van der Waals surface area (Å²) < 4.78 is 1.67. The summed E-state index contributed by atoms with van der Waals surface area (Å²) in [6.07, 6.45) is 6.69. The zero-order valence-electron chi connectivity index (χ0n) is 10.2. The number of carbonyl (C=O) groups excluding carboxylic acids is 1. The van der Waals surface area contributed by atoms with E-state index < -0.39 is 0 Å². The molecule has 0 saturated carbocycles. The van der Waals surface area contributed by atoms with Gasteiger partial charge in [-0.05, 0) is 6.92 Å². The fraction of sp³-hybridized carbons (Fsp3) is 0.417. The molecule has 1 aliphatic rings. The van der Waals surface area contributed by atoms with E-state index in [0.29, 0.717) is 5.56 Å². The topological polar surface area (TPSA) is 62.5 Å². The van der Waals surface area contributed by atoms with Crippen LogP contribution in [0.25, 0.3) is 5.52 Å². The lowest BCUT2D eigenvalue weighted by molar-refractivity contribution is 0.0658. The number of piperazine rings is 1. The molecule has 3 heterocycles. The summed E-state index contributed by atoms with van der Waals surface area (Å²) in [7, 11) is 0. The van der Waals surface area contributed by atoms with Crippen molar-refractivity contribution in [3.63, 3.8) is 0 Å². The molecule has 2 aromatic heterocycles. The first-order chi connectivity index (χ1) is 8.77. The van der Waals surface area contributed by atoms with E-state index in [1.807, 2.05) is 11.8 Å². The minimum Gasteiger partial charge on any atom is -0.333 e. The van der Waals surface area contributed by atoms with Crippen molar-refractivity contribution in [2.45, 2.75) is 13.0 Å². The Labute approximate surface area is 105 Å². The molecular weight excluding hydrogens is 230 g/mol. The maximum Gasteiger partial charge on any atom is 0.258 e. The van der Waals surface area contributed by atoms with E-state index in [9.17, 15) is 4.79 Å². The summed E-state index contributed by atoms with van der Waals surface area (Å²) in [5.41, 5.74) is 1.38. The summed E-state index contributed by atoms with van der Waals surface area (Å²) >= 11 is 0. The molecule has 0 aromatic carbocycles. The van der Waals surface area contributed by atoms with Gasteiger partial charge in [0.25, 0.3) is 5.91 Å². The van der Waals surface area contributed by atoms with Gasteiger partial charge < -0.3 is 10.2 Å². The molecule has 1 aliphatic heterocycles. The van der Waals surface area contributed by atoms with Crippen LogP contribution in [-0.2, 0) is 0 Å². The molecule has 0 spiro atoms. The van der Waals surface area contributed by atoms with Gasteiger partial charge in [-0.15, -0.1) is 0 Å². The van der Waals surface area contributed by atoms with Crippen LogP contribution in [-0.4, -0.2) is 51.1 Å². The van der Waals surface area contributed by atoms with Gasteiger partial charge >= 0.3 is 0 Å². The number of hydrogen-bond acceptors (Lipinski definition) is 4. The van der Waals surface area contributed by atoms with Gasteiger partial charge in [0.2, 0.25) is 0 Å². The highest BCUT2D eigenvalue weighted by Gasteiger charge is 2.26. The van der Waals surface area contributed by atoms with Gasteiger partial charge in [-0.1, -0.05) is 0 Å². The van der Waals surface area contributed by atoms with E-state index in [0.717, 1.165) is 25.2 Å². The largest absolute Gasteiger partial charge is 0.333 e. The second-order valence-corrected chi connectivity index (χ2v) is 4.52. The smallest absolute Gasteiger partial charge is 0.258 e. The molecular formula is C12H15N5O. The molecule has 0 radical (unpaired) electrons. The van der Waals surface area contributed by atoms with E-state index in [4.69, 9.17) is 0 Å². The van der Waals surface area contributed by atoms with E-state index in [1.54, 1.807) is 29.3 Å². The number of carbonyl (C=O) groups is 1. The van der Waals surface area contributed by atoms with Crippen molar-refractivity contribution in [2.75, 3.05) is 19.6 Å². The molecule has 94 valence electrons. The van der Waals surface area contributed by atoms with Gasteiger partial charge in [0.05, 0.1) is 23.5 Å². The number of fused-ring (bicyclic) bond motifs is 1. The predicted octanol–water partition coefficient (Wildman–Crippen LogP) is 0.163. The normalized spacial score (nSPS) is 20.3. The highest BCUT2D eigenvalue weighted by atomic mass is 16.2. The fourth-order valence-electron chi connectivity index (χ4n) is 2.30. The Bertz CT molecular complexity index is 579. The molecule has 1 N–H and O–H groups in total. The van der Waals surface area contributed by atoms with Crippen LogP contribution < -0.4 is 5.32 Å². The highest BCUT2D eigenvalue weighted by molar-refractivity contribution is 6.00. The zero-order valence-corrected chi connectivity index (χ0v) is 10.2. The van der Waals surface area contributed by atoms with Crippen LogP contribution in [0.1, 0.15) is 17.3 Å². The summed E-state index contributed by atoms with van der Waals surface area (Å²) in [4.78, 5) is 18.4. The van der Waals surface area contributed by atoms with Crippen molar-refractivity contribution in [2.24, 2.45) is 0 Å². The van der Waals surface area contributed by atoms with Crippen LogP contribution in [0.15, 0.2) is 24.8 Å². The van der Waals surface area contributed by atoms with E-state index in [2.05, 4.69) is 15.4 Å². The summed E-state index contributed by atoms with van der Waals surface area (Å²) in [6.45, 7) is 4.46. The molecule has 1 amide bonds. The van der Waals surface area contributed by atoms with Crippen LogP contribution in [0, 0.1) is 0 Å². The third-order valence-electron chi connectivity index (χ3n) is 3.32. The minimum absolute atomic E-state index is 0.0343. The van der Waals surface area contributed by atoms with Crippen molar-refractivity contribution >= 4 is 11.4 Å². The predicted molar refractivity (Wildman–Crippen MR) is 66.4 cm³/mol. The number of nitrogens with one attached hydrogen (secondary N) is 1. The van der Waals surface area contributed by atoms with Crippen LogP contribution in [0.4, 0.5) is 0 Å². The summed E-state index contributed by atoms with van der Waals surface area (Å²) in [6, 6.07) is 0.206. The van der Waals surface area contributed by atoms with Gasteiger partial charge in [0, 0.05) is 38.1 Å². The standard InChI is InChI=1S/C12H15N5O/c1-9-6-13-2-4-16(9)12(18)10-7-15-17-5-3-14-8-11(10)17/h3,5,7-9,13H,2,4,6H2,1H3/t9-/m1/s1. The maximum atomic E-state index is 12.5. The molecule has 0 bridgehead atoms. The van der Waals surface area contributed by atoms with Crippen LogP contribution in [0.5, 0.6) is 0 Å². The molecule has 1 atom stereocenters. The van der Waals surface area contributed by atoms with Gasteiger partial charge in [-0.25, -0.2) is 4.52 Å². The van der Waals surface area contributed by atoms with Crippen LogP contribution >= 0.6 is 0 Å². The quantitative estimate of drug-likeness (QED) is 0.777. The monoisotopic (exact) mass is 245 g/mol. The van der Waals surface area contributed by atoms with Crippen molar-refractivity contribution in [3.05, 3.63) is 30.4 Å². The Hall–Kier alpha value is -1.95. The third kappa shape index (κ3) is 1.74. The van der Waals surface area contributed by atoms with Crippen molar-refractivity contribution in [3.8, 4) is 0 Å². The molecule has 0 aliphatic carbocycles. The first-order valence-electron chi connectivity index (χ1n) is 6.06. The highest BCUT2D eigenvalue weighted by Crippen LogP contribution is 2.14. The second-order valence-electron chi connectivity index (χ2n) is 4.52. The first-order valence-corrected chi connectivity index (χ1v) is 6.06. The Morgan fingerprint density at radius 3 is 3.22 bits per heavy atom. The SMILES string of the molecule is C[C@@H]1CNCCN1C(=O)c1cnn2ccncc12. The molecule has 18 heavy (non-hydrogen) atoms. The van der Waals surface area contributed by atoms with Gasteiger partial charge in [-0.2, -0.15) is 5.10 Å². The van der Waals surface area contributed by atoms with Crippen LogP contribution in [0.3, 0.4) is 0 Å². The fourth-order valence-corrected chi connectivity index (χ4v) is 2.30. The average Bonchev–Trinajstić information content (AvgIpc) is 2.82. The van der Waals surface area contributed by atoms with Gasteiger partial charge in [0.15, 0.2) is 0 Å². The molecule has 0 unspecified atom stereocenters. The molecule has 6 nitrogen and oxygen atoms in total. The van der Waals surface area contributed by atoms with E-state index in [1.165, 1.54) is 0 Å². The maximum absolute atomic E-state index is 12.5. The number of hydrogen-bond donors (Lipinski definition) is 1. The lowest BCUT2D eigenvalue weighted by Crippen LogP contribution is -2.52. The van der Waals surface area contributed by atoms with E-state index in [-0.39, 0.29) is 11.9 Å². The Morgan fingerprint density at radius 2 is 2.39 bits per heavy atom. The lowest BCUT2D eigenvalue weighted by atomic mass is 10.1.